The van der Waals surface area contributed by atoms with E-state index in [0.717, 1.165) is 25.0 Å². The Morgan fingerprint density at radius 3 is 2.12 bits per heavy atom. The van der Waals surface area contributed by atoms with Gasteiger partial charge in [0.05, 0.1) is 0 Å². The molecule has 1 aliphatic heterocycles. The standard InChI is InChI=1S/C18H26N2O5/c1-3-11(4-2)17(24)19-13-5-7-20(8-6-13)18(25)12-9-14(21)16(23)15(22)10-12/h9-11,13,21-23H,3-8H2,1-2H3,(H,19,24). The number of aromatic hydroxyl groups is 3. The van der Waals surface area contributed by atoms with E-state index in [2.05, 4.69) is 5.32 Å². The number of likely N-dealkylation sites (tertiary alicyclic amines) is 1. The number of benzene rings is 1. The van der Waals surface area contributed by atoms with Gasteiger partial charge in [-0.3, -0.25) is 9.59 Å². The molecule has 1 aromatic rings. The molecule has 0 aromatic heterocycles. The van der Waals surface area contributed by atoms with E-state index in [0.29, 0.717) is 25.9 Å². The van der Waals surface area contributed by atoms with Crippen LogP contribution in [-0.2, 0) is 4.79 Å². The topological polar surface area (TPSA) is 110 Å². The fourth-order valence-corrected chi connectivity index (χ4v) is 3.12. The van der Waals surface area contributed by atoms with Crippen molar-refractivity contribution in [2.75, 3.05) is 13.1 Å². The summed E-state index contributed by atoms with van der Waals surface area (Å²) in [7, 11) is 0. The number of hydrogen-bond donors (Lipinski definition) is 4. The lowest BCUT2D eigenvalue weighted by atomic mass is 9.99. The molecule has 0 saturated carbocycles. The van der Waals surface area contributed by atoms with Crippen LogP contribution in [0.4, 0.5) is 0 Å². The largest absolute Gasteiger partial charge is 0.504 e. The quantitative estimate of drug-likeness (QED) is 0.607. The Balaban J connectivity index is 1.93. The lowest BCUT2D eigenvalue weighted by Gasteiger charge is -2.33. The third-order valence-corrected chi connectivity index (χ3v) is 4.80. The summed E-state index contributed by atoms with van der Waals surface area (Å²) >= 11 is 0. The van der Waals surface area contributed by atoms with Crippen molar-refractivity contribution in [1.29, 1.82) is 0 Å². The average molecular weight is 350 g/mol. The van der Waals surface area contributed by atoms with Gasteiger partial charge in [0.15, 0.2) is 17.2 Å². The van der Waals surface area contributed by atoms with Crippen molar-refractivity contribution in [1.82, 2.24) is 10.2 Å². The van der Waals surface area contributed by atoms with Gasteiger partial charge in [0.1, 0.15) is 0 Å². The molecule has 2 amide bonds. The first-order valence-corrected chi connectivity index (χ1v) is 8.71. The lowest BCUT2D eigenvalue weighted by Crippen LogP contribution is -2.47. The van der Waals surface area contributed by atoms with Crippen molar-refractivity contribution < 1.29 is 24.9 Å². The Labute approximate surface area is 147 Å². The number of phenols is 3. The zero-order valence-corrected chi connectivity index (χ0v) is 14.7. The van der Waals surface area contributed by atoms with Gasteiger partial charge in [-0.15, -0.1) is 0 Å². The Hall–Kier alpha value is -2.44. The van der Waals surface area contributed by atoms with Gasteiger partial charge in [-0.25, -0.2) is 0 Å². The van der Waals surface area contributed by atoms with Crippen molar-refractivity contribution in [3.63, 3.8) is 0 Å². The Kier molecular flexibility index (Phi) is 6.12. The van der Waals surface area contributed by atoms with E-state index >= 15 is 0 Å². The summed E-state index contributed by atoms with van der Waals surface area (Å²) in [5.74, 6) is -1.92. The molecule has 1 aliphatic rings. The minimum absolute atomic E-state index is 0.0302. The Bertz CT molecular complexity index is 611. The second-order valence-corrected chi connectivity index (χ2v) is 6.45. The fourth-order valence-electron chi connectivity index (χ4n) is 3.12. The van der Waals surface area contributed by atoms with Crippen LogP contribution in [0, 0.1) is 5.92 Å². The Morgan fingerprint density at radius 1 is 1.12 bits per heavy atom. The number of phenolic OH excluding ortho intramolecular Hbond substituents is 3. The van der Waals surface area contributed by atoms with Gasteiger partial charge in [-0.1, -0.05) is 13.8 Å². The highest BCUT2D eigenvalue weighted by Crippen LogP contribution is 2.35. The van der Waals surface area contributed by atoms with Gasteiger partial charge in [-0.2, -0.15) is 0 Å². The first-order valence-electron chi connectivity index (χ1n) is 8.71. The number of carbonyl (C=O) groups excluding carboxylic acids is 2. The van der Waals surface area contributed by atoms with E-state index in [4.69, 9.17) is 0 Å². The smallest absolute Gasteiger partial charge is 0.254 e. The summed E-state index contributed by atoms with van der Waals surface area (Å²) in [4.78, 5) is 26.2. The maximum atomic E-state index is 12.5. The van der Waals surface area contributed by atoms with Crippen LogP contribution in [0.5, 0.6) is 17.2 Å². The molecule has 0 atom stereocenters. The molecule has 0 spiro atoms. The van der Waals surface area contributed by atoms with Crippen LogP contribution in [0.15, 0.2) is 12.1 Å². The highest BCUT2D eigenvalue weighted by atomic mass is 16.3. The molecule has 2 rings (SSSR count). The molecule has 7 nitrogen and oxygen atoms in total. The second kappa shape index (κ2) is 8.09. The van der Waals surface area contributed by atoms with E-state index in [1.54, 1.807) is 4.90 Å². The zero-order valence-electron chi connectivity index (χ0n) is 14.7. The van der Waals surface area contributed by atoms with Crippen molar-refractivity contribution in [3.8, 4) is 17.2 Å². The third-order valence-electron chi connectivity index (χ3n) is 4.80. The van der Waals surface area contributed by atoms with Crippen LogP contribution in [0.3, 0.4) is 0 Å². The average Bonchev–Trinajstić information content (AvgIpc) is 2.60. The summed E-state index contributed by atoms with van der Waals surface area (Å²) in [6.07, 6.45) is 2.95. The molecule has 1 saturated heterocycles. The summed E-state index contributed by atoms with van der Waals surface area (Å²) in [5.41, 5.74) is 0.118. The van der Waals surface area contributed by atoms with Gasteiger partial charge in [0, 0.05) is 30.6 Å². The van der Waals surface area contributed by atoms with E-state index in [9.17, 15) is 24.9 Å². The van der Waals surface area contributed by atoms with Crippen molar-refractivity contribution >= 4 is 11.8 Å². The minimum atomic E-state index is -0.639. The van der Waals surface area contributed by atoms with Crippen LogP contribution in [0.25, 0.3) is 0 Å². The molecular formula is C18H26N2O5. The maximum Gasteiger partial charge on any atom is 0.254 e. The monoisotopic (exact) mass is 350 g/mol. The first kappa shape index (κ1) is 18.9. The number of piperidine rings is 1. The van der Waals surface area contributed by atoms with Gasteiger partial charge in [0.25, 0.3) is 5.91 Å². The summed E-state index contributed by atoms with van der Waals surface area (Å²) in [6, 6.07) is 2.33. The molecule has 7 heteroatoms. The first-order chi connectivity index (χ1) is 11.9. The molecule has 1 fully saturated rings. The SMILES string of the molecule is CCC(CC)C(=O)NC1CCN(C(=O)c2cc(O)c(O)c(O)c2)CC1. The predicted molar refractivity (Wildman–Crippen MR) is 92.6 cm³/mol. The van der Waals surface area contributed by atoms with Crippen LogP contribution in [0.2, 0.25) is 0 Å². The number of rotatable bonds is 5. The highest BCUT2D eigenvalue weighted by Gasteiger charge is 2.27. The van der Waals surface area contributed by atoms with E-state index < -0.39 is 17.2 Å². The molecular weight excluding hydrogens is 324 g/mol. The molecule has 1 aromatic carbocycles. The number of nitrogens with zero attached hydrogens (tertiary/aromatic N) is 1. The predicted octanol–water partition coefficient (Wildman–Crippen LogP) is 1.96. The van der Waals surface area contributed by atoms with Crippen molar-refractivity contribution in [3.05, 3.63) is 17.7 Å². The van der Waals surface area contributed by atoms with E-state index in [-0.39, 0.29) is 29.3 Å². The fraction of sp³-hybridized carbons (Fsp3) is 0.556. The van der Waals surface area contributed by atoms with Crippen LogP contribution < -0.4 is 5.32 Å². The van der Waals surface area contributed by atoms with Gasteiger partial charge in [0.2, 0.25) is 5.91 Å². The normalized spacial score (nSPS) is 15.4. The molecule has 4 N–H and O–H groups in total. The molecule has 0 bridgehead atoms. The van der Waals surface area contributed by atoms with Gasteiger partial charge < -0.3 is 25.5 Å². The summed E-state index contributed by atoms with van der Waals surface area (Å²) in [6.45, 7) is 4.96. The molecule has 0 radical (unpaired) electrons. The Morgan fingerprint density at radius 2 is 1.64 bits per heavy atom. The van der Waals surface area contributed by atoms with E-state index in [1.165, 1.54) is 0 Å². The second-order valence-electron chi connectivity index (χ2n) is 6.45. The highest BCUT2D eigenvalue weighted by molar-refractivity contribution is 5.95. The van der Waals surface area contributed by atoms with Crippen LogP contribution >= 0.6 is 0 Å². The zero-order chi connectivity index (χ0) is 18.6. The summed E-state index contributed by atoms with van der Waals surface area (Å²) in [5, 5.41) is 31.5. The van der Waals surface area contributed by atoms with Crippen LogP contribution in [-0.4, -0.2) is 51.2 Å². The third kappa shape index (κ3) is 4.35. The van der Waals surface area contributed by atoms with Crippen molar-refractivity contribution in [2.45, 2.75) is 45.6 Å². The maximum absolute atomic E-state index is 12.5. The number of carbonyl (C=O) groups is 2. The molecule has 0 aliphatic carbocycles. The number of nitrogens with one attached hydrogen (secondary N) is 1. The molecule has 138 valence electrons. The van der Waals surface area contributed by atoms with Gasteiger partial charge >= 0.3 is 0 Å². The number of hydrogen-bond acceptors (Lipinski definition) is 5. The van der Waals surface area contributed by atoms with E-state index in [1.807, 2.05) is 13.8 Å². The van der Waals surface area contributed by atoms with Crippen molar-refractivity contribution in [2.24, 2.45) is 5.92 Å². The number of amides is 2. The molecule has 0 unspecified atom stereocenters. The lowest BCUT2D eigenvalue weighted by molar-refractivity contribution is -0.126. The molecule has 1 heterocycles. The van der Waals surface area contributed by atoms with Gasteiger partial charge in [-0.05, 0) is 37.8 Å². The molecule has 25 heavy (non-hydrogen) atoms. The summed E-state index contributed by atoms with van der Waals surface area (Å²) < 4.78 is 0. The minimum Gasteiger partial charge on any atom is -0.504 e. The van der Waals surface area contributed by atoms with Crippen LogP contribution in [0.1, 0.15) is 49.9 Å².